The normalized spacial score (nSPS) is 19.4. The van der Waals surface area contributed by atoms with Crippen LogP contribution in [0.25, 0.3) is 0 Å². The van der Waals surface area contributed by atoms with Crippen LogP contribution < -0.4 is 10.0 Å². The zero-order valence-corrected chi connectivity index (χ0v) is 11.4. The molecule has 1 aliphatic rings. The molecule has 9 nitrogen and oxygen atoms in total. The molecule has 20 heavy (non-hydrogen) atoms. The minimum absolute atomic E-state index is 0.0322. The van der Waals surface area contributed by atoms with E-state index in [2.05, 4.69) is 5.16 Å². The molecule has 0 spiro atoms. The molecule has 0 saturated carbocycles. The number of hydrogen-bond donors (Lipinski definition) is 1. The molecule has 2 heterocycles. The van der Waals surface area contributed by atoms with Gasteiger partial charge in [0.25, 0.3) is 0 Å². The van der Waals surface area contributed by atoms with E-state index in [1.807, 2.05) is 0 Å². The highest BCUT2D eigenvalue weighted by atomic mass is 32.2. The third kappa shape index (κ3) is 2.65. The van der Waals surface area contributed by atoms with E-state index in [-0.39, 0.29) is 31.0 Å². The van der Waals surface area contributed by atoms with Gasteiger partial charge >= 0.3 is 5.97 Å². The topological polar surface area (TPSA) is 133 Å². The van der Waals surface area contributed by atoms with Crippen molar-refractivity contribution in [3.8, 4) is 0 Å². The summed E-state index contributed by atoms with van der Waals surface area (Å²) in [5, 5.41) is 7.43. The summed E-state index contributed by atoms with van der Waals surface area (Å²) in [6.07, 6.45) is 0.854. The first-order valence-corrected chi connectivity index (χ1v) is 7.39. The molecule has 1 aromatic heterocycles. The molecular weight excluding hydrogens is 290 g/mol. The van der Waals surface area contributed by atoms with Crippen molar-refractivity contribution in [2.24, 2.45) is 5.14 Å². The quantitative estimate of drug-likeness (QED) is 0.723. The standard InChI is InChI=1S/C10H13N3O6S/c1-2-18-10(15)7-4-12-19-9(7)13-5-6(3-8(13)14)20(11,16)17/h4,6H,2-3,5H2,1H3,(H2,11,16,17). The first-order chi connectivity index (χ1) is 9.34. The Kier molecular flexibility index (Phi) is 3.77. The Hall–Kier alpha value is -1.94. The number of carbonyl (C=O) groups is 2. The van der Waals surface area contributed by atoms with E-state index in [4.69, 9.17) is 14.4 Å². The Morgan fingerprint density at radius 1 is 1.65 bits per heavy atom. The summed E-state index contributed by atoms with van der Waals surface area (Å²) in [5.74, 6) is -1.33. The molecule has 0 aliphatic carbocycles. The maximum Gasteiger partial charge on any atom is 0.345 e. The van der Waals surface area contributed by atoms with E-state index < -0.39 is 27.1 Å². The minimum atomic E-state index is -3.84. The Labute approximate surface area is 114 Å². The van der Waals surface area contributed by atoms with Gasteiger partial charge in [-0.1, -0.05) is 5.16 Å². The third-order valence-electron chi connectivity index (χ3n) is 2.85. The fourth-order valence-corrected chi connectivity index (χ4v) is 2.60. The summed E-state index contributed by atoms with van der Waals surface area (Å²) in [6.45, 7) is 1.60. The highest BCUT2D eigenvalue weighted by molar-refractivity contribution is 7.89. The number of carbonyl (C=O) groups excluding carboxylic acids is 2. The van der Waals surface area contributed by atoms with Crippen LogP contribution in [0.4, 0.5) is 5.88 Å². The van der Waals surface area contributed by atoms with E-state index >= 15 is 0 Å². The van der Waals surface area contributed by atoms with Crippen molar-refractivity contribution in [2.45, 2.75) is 18.6 Å². The number of sulfonamides is 1. The van der Waals surface area contributed by atoms with E-state index in [0.717, 1.165) is 11.1 Å². The summed E-state index contributed by atoms with van der Waals surface area (Å²) >= 11 is 0. The largest absolute Gasteiger partial charge is 0.462 e. The molecule has 1 amide bonds. The van der Waals surface area contributed by atoms with Crippen molar-refractivity contribution in [1.82, 2.24) is 5.16 Å². The summed E-state index contributed by atoms with van der Waals surface area (Å²) in [6, 6.07) is 0. The molecule has 0 radical (unpaired) electrons. The molecule has 110 valence electrons. The zero-order chi connectivity index (χ0) is 14.9. The van der Waals surface area contributed by atoms with Crippen LogP contribution in [0, 0.1) is 0 Å². The van der Waals surface area contributed by atoms with E-state index in [1.165, 1.54) is 0 Å². The molecule has 10 heteroatoms. The van der Waals surface area contributed by atoms with Gasteiger partial charge < -0.3 is 9.26 Å². The van der Waals surface area contributed by atoms with Gasteiger partial charge in [-0.05, 0) is 6.92 Å². The van der Waals surface area contributed by atoms with Crippen molar-refractivity contribution in [3.05, 3.63) is 11.8 Å². The number of anilines is 1. The van der Waals surface area contributed by atoms with Crippen LogP contribution in [0.15, 0.2) is 10.7 Å². The predicted octanol–water partition coefficient (Wildman–Crippen LogP) is -0.755. The van der Waals surface area contributed by atoms with Crippen LogP contribution >= 0.6 is 0 Å². The summed E-state index contributed by atoms with van der Waals surface area (Å²) in [5.41, 5.74) is -0.0322. The first kappa shape index (κ1) is 14.5. The van der Waals surface area contributed by atoms with Gasteiger partial charge in [-0.3, -0.25) is 9.69 Å². The maximum absolute atomic E-state index is 11.8. The lowest BCUT2D eigenvalue weighted by Crippen LogP contribution is -2.32. The lowest BCUT2D eigenvalue weighted by Gasteiger charge is -2.13. The fourth-order valence-electron chi connectivity index (χ4n) is 1.87. The number of rotatable bonds is 4. The van der Waals surface area contributed by atoms with Gasteiger partial charge in [0, 0.05) is 13.0 Å². The molecule has 1 atom stereocenters. The Balaban J connectivity index is 2.28. The average Bonchev–Trinajstić information content (AvgIpc) is 2.94. The van der Waals surface area contributed by atoms with Gasteiger partial charge in [-0.25, -0.2) is 18.4 Å². The number of primary sulfonamides is 1. The Morgan fingerprint density at radius 3 is 2.90 bits per heavy atom. The van der Waals surface area contributed by atoms with Gasteiger partial charge in [-0.2, -0.15) is 0 Å². The first-order valence-electron chi connectivity index (χ1n) is 5.78. The van der Waals surface area contributed by atoms with Crippen molar-refractivity contribution in [2.75, 3.05) is 18.1 Å². The summed E-state index contributed by atoms with van der Waals surface area (Å²) in [4.78, 5) is 24.5. The number of hydrogen-bond acceptors (Lipinski definition) is 7. The van der Waals surface area contributed by atoms with Crippen molar-refractivity contribution < 1.29 is 27.3 Å². The molecular formula is C10H13N3O6S. The highest BCUT2D eigenvalue weighted by Gasteiger charge is 2.40. The number of nitrogens with zero attached hydrogens (tertiary/aromatic N) is 2. The van der Waals surface area contributed by atoms with E-state index in [0.29, 0.717) is 0 Å². The average molecular weight is 303 g/mol. The zero-order valence-electron chi connectivity index (χ0n) is 10.6. The molecule has 2 rings (SSSR count). The monoisotopic (exact) mass is 303 g/mol. The van der Waals surface area contributed by atoms with E-state index in [9.17, 15) is 18.0 Å². The molecule has 1 aromatic rings. The fraction of sp³-hybridized carbons (Fsp3) is 0.500. The second-order valence-electron chi connectivity index (χ2n) is 4.18. The smallest absolute Gasteiger partial charge is 0.345 e. The van der Waals surface area contributed by atoms with Gasteiger partial charge in [0.1, 0.15) is 10.8 Å². The molecule has 1 fully saturated rings. The molecule has 0 bridgehead atoms. The Morgan fingerprint density at radius 2 is 2.35 bits per heavy atom. The number of aromatic nitrogens is 1. The molecule has 1 saturated heterocycles. The maximum atomic E-state index is 11.8. The van der Waals surface area contributed by atoms with Crippen molar-refractivity contribution >= 4 is 27.8 Å². The van der Waals surface area contributed by atoms with E-state index in [1.54, 1.807) is 6.92 Å². The van der Waals surface area contributed by atoms with Crippen LogP contribution in [-0.4, -0.2) is 43.9 Å². The van der Waals surface area contributed by atoms with Gasteiger partial charge in [0.2, 0.25) is 21.8 Å². The lowest BCUT2D eigenvalue weighted by molar-refractivity contribution is -0.117. The van der Waals surface area contributed by atoms with Crippen molar-refractivity contribution in [3.63, 3.8) is 0 Å². The number of ether oxygens (including phenoxy) is 1. The Bertz CT molecular complexity index is 637. The van der Waals surface area contributed by atoms with Crippen LogP contribution in [-0.2, 0) is 19.6 Å². The second-order valence-corrected chi connectivity index (χ2v) is 6.03. The summed E-state index contributed by atoms with van der Waals surface area (Å²) < 4.78 is 32.2. The van der Waals surface area contributed by atoms with Crippen LogP contribution in [0.5, 0.6) is 0 Å². The lowest BCUT2D eigenvalue weighted by atomic mass is 10.3. The van der Waals surface area contributed by atoms with Crippen LogP contribution in [0.1, 0.15) is 23.7 Å². The number of amides is 1. The second kappa shape index (κ2) is 5.21. The predicted molar refractivity (Wildman–Crippen MR) is 66.3 cm³/mol. The number of esters is 1. The van der Waals surface area contributed by atoms with Crippen molar-refractivity contribution in [1.29, 1.82) is 0 Å². The van der Waals surface area contributed by atoms with Gasteiger partial charge in [-0.15, -0.1) is 0 Å². The van der Waals surface area contributed by atoms with Crippen LogP contribution in [0.2, 0.25) is 0 Å². The third-order valence-corrected chi connectivity index (χ3v) is 4.09. The molecule has 1 aliphatic heterocycles. The molecule has 0 aromatic carbocycles. The van der Waals surface area contributed by atoms with Crippen LogP contribution in [0.3, 0.4) is 0 Å². The number of nitrogens with two attached hydrogens (primary N) is 1. The molecule has 1 unspecified atom stereocenters. The minimum Gasteiger partial charge on any atom is -0.462 e. The SMILES string of the molecule is CCOC(=O)c1cnoc1N1CC(S(N)(=O)=O)CC1=O. The summed E-state index contributed by atoms with van der Waals surface area (Å²) in [7, 11) is -3.84. The highest BCUT2D eigenvalue weighted by Crippen LogP contribution is 2.27. The molecule has 2 N–H and O–H groups in total. The van der Waals surface area contributed by atoms with Gasteiger partial charge in [0.05, 0.1) is 12.8 Å². The van der Waals surface area contributed by atoms with Gasteiger partial charge in [0.15, 0.2) is 0 Å².